The first-order valence-electron chi connectivity index (χ1n) is 5.62. The molecule has 90 valence electrons. The van der Waals surface area contributed by atoms with Crippen molar-refractivity contribution in [3.05, 3.63) is 47.9 Å². The van der Waals surface area contributed by atoms with Gasteiger partial charge in [-0.2, -0.15) is 4.98 Å². The Morgan fingerprint density at radius 3 is 2.65 bits per heavy atom. The Balaban J connectivity index is 2.11. The van der Waals surface area contributed by atoms with Gasteiger partial charge in [0.1, 0.15) is 6.26 Å². The summed E-state index contributed by atoms with van der Waals surface area (Å²) in [6.07, 6.45) is 1.61. The van der Waals surface area contributed by atoms with Gasteiger partial charge in [-0.25, -0.2) is 0 Å². The van der Waals surface area contributed by atoms with E-state index in [1.807, 2.05) is 18.2 Å². The van der Waals surface area contributed by atoms with E-state index >= 15 is 0 Å². The second-order valence-electron chi connectivity index (χ2n) is 3.75. The van der Waals surface area contributed by atoms with Gasteiger partial charge in [0.15, 0.2) is 0 Å². The van der Waals surface area contributed by atoms with E-state index in [0.29, 0.717) is 11.9 Å². The van der Waals surface area contributed by atoms with Gasteiger partial charge in [0, 0.05) is 13.1 Å². The van der Waals surface area contributed by atoms with Gasteiger partial charge in [-0.05, 0) is 12.5 Å². The second kappa shape index (κ2) is 5.73. The average Bonchev–Trinajstić information content (AvgIpc) is 2.86. The van der Waals surface area contributed by atoms with Crippen molar-refractivity contribution in [2.75, 3.05) is 11.4 Å². The Labute approximate surface area is 106 Å². The monoisotopic (exact) mass is 250 g/mol. The molecule has 0 atom stereocenters. The second-order valence-corrected chi connectivity index (χ2v) is 4.02. The van der Waals surface area contributed by atoms with Gasteiger partial charge in [0.25, 0.3) is 6.01 Å². The van der Waals surface area contributed by atoms with Crippen molar-refractivity contribution in [3.63, 3.8) is 0 Å². The van der Waals surface area contributed by atoms with Crippen molar-refractivity contribution in [1.82, 2.24) is 4.98 Å². The number of alkyl halides is 1. The van der Waals surface area contributed by atoms with Crippen molar-refractivity contribution >= 4 is 17.6 Å². The van der Waals surface area contributed by atoms with Gasteiger partial charge >= 0.3 is 0 Å². The molecule has 0 fully saturated rings. The zero-order valence-electron chi connectivity index (χ0n) is 9.77. The summed E-state index contributed by atoms with van der Waals surface area (Å²) in [5.74, 6) is 0.381. The van der Waals surface area contributed by atoms with Crippen LogP contribution in [0.2, 0.25) is 0 Å². The van der Waals surface area contributed by atoms with Crippen LogP contribution in [0.1, 0.15) is 18.2 Å². The van der Waals surface area contributed by atoms with Gasteiger partial charge in [-0.1, -0.05) is 30.3 Å². The largest absolute Gasteiger partial charge is 0.432 e. The molecule has 0 N–H and O–H groups in total. The van der Waals surface area contributed by atoms with Gasteiger partial charge in [-0.15, -0.1) is 11.6 Å². The molecule has 0 aliphatic carbocycles. The topological polar surface area (TPSA) is 29.3 Å². The number of rotatable bonds is 5. The van der Waals surface area contributed by atoms with Crippen LogP contribution in [0.15, 0.2) is 41.0 Å². The number of aromatic nitrogens is 1. The first kappa shape index (κ1) is 12.0. The first-order valence-corrected chi connectivity index (χ1v) is 6.16. The molecule has 0 aliphatic heterocycles. The minimum Gasteiger partial charge on any atom is -0.432 e. The van der Waals surface area contributed by atoms with Crippen LogP contribution in [0.4, 0.5) is 6.01 Å². The minimum atomic E-state index is 0.381. The fraction of sp³-hybridized carbons (Fsp3) is 0.308. The maximum atomic E-state index is 5.71. The first-order chi connectivity index (χ1) is 8.33. The van der Waals surface area contributed by atoms with Crippen LogP contribution >= 0.6 is 11.6 Å². The number of hydrogen-bond acceptors (Lipinski definition) is 3. The molecule has 0 radical (unpaired) electrons. The number of oxazole rings is 1. The molecule has 1 heterocycles. The quantitative estimate of drug-likeness (QED) is 0.762. The van der Waals surface area contributed by atoms with Gasteiger partial charge in [0.05, 0.1) is 11.6 Å². The van der Waals surface area contributed by atoms with Crippen LogP contribution in [-0.4, -0.2) is 11.5 Å². The number of hydrogen-bond donors (Lipinski definition) is 0. The summed E-state index contributed by atoms with van der Waals surface area (Å²) >= 11 is 5.71. The fourth-order valence-corrected chi connectivity index (χ4v) is 1.74. The van der Waals surface area contributed by atoms with E-state index in [4.69, 9.17) is 16.0 Å². The lowest BCUT2D eigenvalue weighted by atomic mass is 10.2. The lowest BCUT2D eigenvalue weighted by molar-refractivity contribution is 0.534. The minimum absolute atomic E-state index is 0.381. The van der Waals surface area contributed by atoms with Gasteiger partial charge in [0.2, 0.25) is 0 Å². The molecule has 0 saturated carbocycles. The highest BCUT2D eigenvalue weighted by molar-refractivity contribution is 6.16. The molecule has 0 spiro atoms. The van der Waals surface area contributed by atoms with Crippen molar-refractivity contribution in [3.8, 4) is 0 Å². The van der Waals surface area contributed by atoms with Crippen molar-refractivity contribution in [2.45, 2.75) is 19.3 Å². The van der Waals surface area contributed by atoms with Crippen molar-refractivity contribution in [2.24, 2.45) is 0 Å². The Kier molecular flexibility index (Phi) is 4.04. The van der Waals surface area contributed by atoms with E-state index in [1.54, 1.807) is 6.26 Å². The molecular formula is C13H15ClN2O. The van der Waals surface area contributed by atoms with Crippen LogP contribution in [0.25, 0.3) is 0 Å². The molecule has 2 aromatic rings. The Hall–Kier alpha value is -1.48. The fourth-order valence-electron chi connectivity index (χ4n) is 1.62. The molecule has 17 heavy (non-hydrogen) atoms. The van der Waals surface area contributed by atoms with Crippen molar-refractivity contribution in [1.29, 1.82) is 0 Å². The third-order valence-electron chi connectivity index (χ3n) is 2.55. The molecule has 0 saturated heterocycles. The summed E-state index contributed by atoms with van der Waals surface area (Å²) in [5.41, 5.74) is 2.01. The van der Waals surface area contributed by atoms with E-state index in [9.17, 15) is 0 Å². The summed E-state index contributed by atoms with van der Waals surface area (Å²) in [6.45, 7) is 3.71. The molecule has 0 aliphatic rings. The van der Waals surface area contributed by atoms with E-state index in [2.05, 4.69) is 28.9 Å². The Bertz CT molecular complexity index is 455. The van der Waals surface area contributed by atoms with Gasteiger partial charge < -0.3 is 9.32 Å². The van der Waals surface area contributed by atoms with E-state index in [1.165, 1.54) is 5.56 Å². The Morgan fingerprint density at radius 1 is 1.29 bits per heavy atom. The third kappa shape index (κ3) is 3.01. The molecule has 2 rings (SSSR count). The molecule has 0 unspecified atom stereocenters. The number of anilines is 1. The predicted octanol–water partition coefficient (Wildman–Crippen LogP) is 3.44. The van der Waals surface area contributed by atoms with Crippen LogP contribution in [0.3, 0.4) is 0 Å². The maximum Gasteiger partial charge on any atom is 0.297 e. The van der Waals surface area contributed by atoms with Crippen LogP contribution in [-0.2, 0) is 12.4 Å². The third-order valence-corrected chi connectivity index (χ3v) is 2.82. The molecule has 1 aromatic carbocycles. The number of nitrogens with zero attached hydrogens (tertiary/aromatic N) is 2. The van der Waals surface area contributed by atoms with E-state index in [0.717, 1.165) is 18.8 Å². The smallest absolute Gasteiger partial charge is 0.297 e. The van der Waals surface area contributed by atoms with Crippen LogP contribution in [0.5, 0.6) is 0 Å². The summed E-state index contributed by atoms with van der Waals surface area (Å²) in [7, 11) is 0. The molecule has 0 bridgehead atoms. The normalized spacial score (nSPS) is 10.5. The van der Waals surface area contributed by atoms with Gasteiger partial charge in [-0.3, -0.25) is 0 Å². The predicted molar refractivity (Wildman–Crippen MR) is 69.2 cm³/mol. The number of halogens is 1. The van der Waals surface area contributed by atoms with Crippen LogP contribution < -0.4 is 4.90 Å². The molecular weight excluding hydrogens is 236 g/mol. The average molecular weight is 251 g/mol. The highest BCUT2D eigenvalue weighted by atomic mass is 35.5. The molecule has 1 aromatic heterocycles. The van der Waals surface area contributed by atoms with E-state index in [-0.39, 0.29) is 0 Å². The molecule has 0 amide bonds. The standard InChI is InChI=1S/C13H15ClN2O/c1-2-16(9-11-6-4-3-5-7-11)13-15-12(8-14)10-17-13/h3-7,10H,2,8-9H2,1H3. The van der Waals surface area contributed by atoms with Crippen molar-refractivity contribution < 1.29 is 4.42 Å². The maximum absolute atomic E-state index is 5.71. The summed E-state index contributed by atoms with van der Waals surface area (Å²) in [5, 5.41) is 0. The summed E-state index contributed by atoms with van der Waals surface area (Å²) in [6, 6.07) is 10.9. The SMILES string of the molecule is CCN(Cc1ccccc1)c1nc(CCl)co1. The van der Waals surface area contributed by atoms with Crippen LogP contribution in [0, 0.1) is 0 Å². The zero-order valence-corrected chi connectivity index (χ0v) is 10.5. The Morgan fingerprint density at radius 2 is 2.06 bits per heavy atom. The highest BCUT2D eigenvalue weighted by Gasteiger charge is 2.11. The van der Waals surface area contributed by atoms with E-state index < -0.39 is 0 Å². The summed E-state index contributed by atoms with van der Waals surface area (Å²) < 4.78 is 5.41. The number of benzene rings is 1. The zero-order chi connectivity index (χ0) is 12.1. The lowest BCUT2D eigenvalue weighted by Crippen LogP contribution is -2.22. The molecule has 4 heteroatoms. The molecule has 3 nitrogen and oxygen atoms in total. The highest BCUT2D eigenvalue weighted by Crippen LogP contribution is 2.17. The summed E-state index contributed by atoms with van der Waals surface area (Å²) in [4.78, 5) is 6.40. The lowest BCUT2D eigenvalue weighted by Gasteiger charge is -2.18.